The normalized spacial score (nSPS) is 15.3. The van der Waals surface area contributed by atoms with E-state index in [1.54, 1.807) is 18.2 Å². The molecule has 2 aromatic rings. The predicted octanol–water partition coefficient (Wildman–Crippen LogP) is 5.14. The summed E-state index contributed by atoms with van der Waals surface area (Å²) in [6.07, 6.45) is 9.34. The summed E-state index contributed by atoms with van der Waals surface area (Å²) < 4.78 is 23.3. The zero-order chi connectivity index (χ0) is 23.1. The number of fused-ring (bicyclic) bond motifs is 1. The first kappa shape index (κ1) is 30.9. The number of halogens is 2. The van der Waals surface area contributed by atoms with Crippen LogP contribution in [0.3, 0.4) is 0 Å². The van der Waals surface area contributed by atoms with Gasteiger partial charge in [0.1, 0.15) is 0 Å². The van der Waals surface area contributed by atoms with E-state index in [1.807, 2.05) is 18.2 Å². The average molecular weight is 622 g/mol. The predicted molar refractivity (Wildman–Crippen MR) is 148 cm³/mol. The maximum Gasteiger partial charge on any atom is 0.175 e. The highest BCUT2D eigenvalue weighted by molar-refractivity contribution is 8.93. The summed E-state index contributed by atoms with van der Waals surface area (Å²) in [6.45, 7) is 3.96. The molecule has 9 heteroatoms. The molecule has 0 amide bonds. The Morgan fingerprint density at radius 1 is 1.03 bits per heavy atom. The number of phenols is 2. The maximum absolute atomic E-state index is 11.6. The van der Waals surface area contributed by atoms with Gasteiger partial charge in [-0.25, -0.2) is 13.4 Å². The second-order valence-electron chi connectivity index (χ2n) is 8.80. The minimum Gasteiger partial charge on any atom is -0.504 e. The Morgan fingerprint density at radius 3 is 2.38 bits per heavy atom. The van der Waals surface area contributed by atoms with Crippen LogP contribution < -0.4 is 5.43 Å². The first-order valence-electron chi connectivity index (χ1n) is 11.6. The molecule has 3 N–H and O–H groups in total. The summed E-state index contributed by atoms with van der Waals surface area (Å²) in [6, 6.07) is 11.0. The summed E-state index contributed by atoms with van der Waals surface area (Å²) in [4.78, 5) is 0.349. The molecule has 1 aliphatic carbocycles. The molecule has 1 atom stereocenters. The third kappa shape index (κ3) is 8.52. The van der Waals surface area contributed by atoms with Gasteiger partial charge in [0, 0.05) is 31.0 Å². The lowest BCUT2D eigenvalue weighted by Crippen LogP contribution is -2.49. The molecule has 0 heterocycles. The minimum absolute atomic E-state index is 0. The van der Waals surface area contributed by atoms with Crippen LogP contribution in [0.1, 0.15) is 55.7 Å². The van der Waals surface area contributed by atoms with E-state index in [2.05, 4.69) is 17.4 Å². The number of nitrogens with one attached hydrogen (secondary N) is 1. The zero-order valence-corrected chi connectivity index (χ0v) is 24.2. The van der Waals surface area contributed by atoms with Crippen molar-refractivity contribution in [1.29, 1.82) is 0 Å². The number of rotatable bonds is 11. The van der Waals surface area contributed by atoms with Crippen LogP contribution in [-0.2, 0) is 29.1 Å². The molecule has 2 aromatic carbocycles. The second-order valence-corrected chi connectivity index (χ2v) is 10.8. The van der Waals surface area contributed by atoms with Crippen molar-refractivity contribution >= 4 is 43.8 Å². The number of hydrazine groups is 1. The van der Waals surface area contributed by atoms with Crippen LogP contribution in [0.2, 0.25) is 0 Å². The number of benzene rings is 2. The van der Waals surface area contributed by atoms with Gasteiger partial charge in [-0.1, -0.05) is 44.4 Å². The first-order chi connectivity index (χ1) is 15.3. The van der Waals surface area contributed by atoms with Crippen LogP contribution in [0, 0.1) is 0 Å². The number of nitrogens with zero attached hydrogens (tertiary/aromatic N) is 1. The van der Waals surface area contributed by atoms with Crippen molar-refractivity contribution in [3.63, 3.8) is 0 Å². The van der Waals surface area contributed by atoms with Crippen LogP contribution in [0.4, 0.5) is 0 Å². The third-order valence-corrected chi connectivity index (χ3v) is 7.44. The van der Waals surface area contributed by atoms with Gasteiger partial charge in [0.25, 0.3) is 0 Å². The maximum atomic E-state index is 11.6. The number of aromatic hydroxyl groups is 2. The minimum atomic E-state index is -3.17. The van der Waals surface area contributed by atoms with Crippen molar-refractivity contribution in [3.05, 3.63) is 53.1 Å². The van der Waals surface area contributed by atoms with E-state index in [0.29, 0.717) is 10.9 Å². The van der Waals surface area contributed by atoms with Crippen LogP contribution in [0.15, 0.2) is 41.3 Å². The van der Waals surface area contributed by atoms with Gasteiger partial charge in [-0.3, -0.25) is 5.43 Å². The Balaban J connectivity index is 0.00000289. The molecule has 0 radical (unpaired) electrons. The molecule has 1 aliphatic rings. The van der Waals surface area contributed by atoms with E-state index in [0.717, 1.165) is 61.9 Å². The first-order valence-corrected chi connectivity index (χ1v) is 13.5. The number of hydrogen-bond acceptors (Lipinski definition) is 6. The van der Waals surface area contributed by atoms with E-state index >= 15 is 0 Å². The highest BCUT2D eigenvalue weighted by Gasteiger charge is 2.26. The Morgan fingerprint density at radius 2 is 1.74 bits per heavy atom. The Hall–Kier alpha value is -1.13. The molecule has 0 saturated heterocycles. The molecule has 0 bridgehead atoms. The molecule has 0 fully saturated rings. The molecule has 6 nitrogen and oxygen atoms in total. The SMILES string of the molecule is Br.Br.CCCCCCN(NCCc1ccc(S(C)(=O)=O)cc1)C1CCc2c(ccc(O)c2O)C1. The fraction of sp³-hybridized carbons (Fsp3) is 0.520. The van der Waals surface area contributed by atoms with Gasteiger partial charge < -0.3 is 10.2 Å². The van der Waals surface area contributed by atoms with Crippen molar-refractivity contribution in [2.24, 2.45) is 0 Å². The fourth-order valence-electron chi connectivity index (χ4n) is 4.42. The van der Waals surface area contributed by atoms with Gasteiger partial charge in [0.05, 0.1) is 4.90 Å². The van der Waals surface area contributed by atoms with Gasteiger partial charge in [-0.2, -0.15) is 0 Å². The Bertz CT molecular complexity index is 1000. The summed E-state index contributed by atoms with van der Waals surface area (Å²) in [5, 5.41) is 22.3. The fourth-order valence-corrected chi connectivity index (χ4v) is 5.05. The topological polar surface area (TPSA) is 89.9 Å². The smallest absolute Gasteiger partial charge is 0.175 e. The average Bonchev–Trinajstić information content (AvgIpc) is 2.77. The molecule has 0 aliphatic heterocycles. The van der Waals surface area contributed by atoms with E-state index in [1.165, 1.54) is 25.5 Å². The van der Waals surface area contributed by atoms with Crippen molar-refractivity contribution in [2.45, 2.75) is 69.2 Å². The summed E-state index contributed by atoms with van der Waals surface area (Å²) in [5.41, 5.74) is 6.70. The number of unbranched alkanes of at least 4 members (excludes halogenated alkanes) is 3. The quantitative estimate of drug-likeness (QED) is 0.183. The van der Waals surface area contributed by atoms with E-state index in [-0.39, 0.29) is 45.5 Å². The molecular weight excluding hydrogens is 584 g/mol. The zero-order valence-electron chi connectivity index (χ0n) is 20.0. The van der Waals surface area contributed by atoms with E-state index in [4.69, 9.17) is 0 Å². The number of phenolic OH excluding ortho intramolecular Hbond substituents is 2. The molecule has 34 heavy (non-hydrogen) atoms. The van der Waals surface area contributed by atoms with Crippen molar-refractivity contribution < 1.29 is 18.6 Å². The van der Waals surface area contributed by atoms with Crippen LogP contribution in [0.5, 0.6) is 11.5 Å². The lowest BCUT2D eigenvalue weighted by molar-refractivity contribution is 0.109. The monoisotopic (exact) mass is 620 g/mol. The van der Waals surface area contributed by atoms with E-state index in [9.17, 15) is 18.6 Å². The summed E-state index contributed by atoms with van der Waals surface area (Å²) >= 11 is 0. The molecule has 0 aromatic heterocycles. The number of hydrogen-bond donors (Lipinski definition) is 3. The molecule has 192 valence electrons. The Kier molecular flexibility index (Phi) is 13.1. The van der Waals surface area contributed by atoms with Gasteiger partial charge in [0.15, 0.2) is 21.3 Å². The lowest BCUT2D eigenvalue weighted by Gasteiger charge is -2.36. The van der Waals surface area contributed by atoms with Gasteiger partial charge in [-0.05, 0) is 61.4 Å². The van der Waals surface area contributed by atoms with Crippen LogP contribution in [0.25, 0.3) is 0 Å². The molecule has 1 unspecified atom stereocenters. The molecule has 3 rings (SSSR count). The van der Waals surface area contributed by atoms with Crippen LogP contribution in [-0.4, -0.2) is 49.0 Å². The lowest BCUT2D eigenvalue weighted by atomic mass is 9.87. The summed E-state index contributed by atoms with van der Waals surface area (Å²) in [5.74, 6) is -0.0143. The largest absolute Gasteiger partial charge is 0.504 e. The standard InChI is InChI=1S/C25H36N2O4S.2BrH/c1-3-4-5-6-17-27(21-10-13-23-20(18-21)9-14-24(28)25(23)29)26-16-15-19-7-11-22(12-8-19)32(2,30)31;;/h7-9,11-12,14,21,26,28-29H,3-6,10,13,15-18H2,1-2H3;2*1H. The van der Waals surface area contributed by atoms with E-state index < -0.39 is 9.84 Å². The third-order valence-electron chi connectivity index (χ3n) is 6.31. The highest BCUT2D eigenvalue weighted by Crippen LogP contribution is 2.36. The van der Waals surface area contributed by atoms with Crippen molar-refractivity contribution in [1.82, 2.24) is 10.4 Å². The van der Waals surface area contributed by atoms with Gasteiger partial charge in [-0.15, -0.1) is 34.0 Å². The molecule has 0 saturated carbocycles. The van der Waals surface area contributed by atoms with Gasteiger partial charge >= 0.3 is 0 Å². The van der Waals surface area contributed by atoms with Gasteiger partial charge in [0.2, 0.25) is 0 Å². The molecule has 0 spiro atoms. The van der Waals surface area contributed by atoms with Crippen LogP contribution >= 0.6 is 34.0 Å². The second kappa shape index (κ2) is 14.4. The van der Waals surface area contributed by atoms with Crippen molar-refractivity contribution in [2.75, 3.05) is 19.3 Å². The highest BCUT2D eigenvalue weighted by atomic mass is 79.9. The molecular formula is C25H38Br2N2O4S. The summed E-state index contributed by atoms with van der Waals surface area (Å²) in [7, 11) is -3.17. The number of sulfone groups is 1. The Labute approximate surface area is 225 Å². The van der Waals surface area contributed by atoms with Crippen molar-refractivity contribution in [3.8, 4) is 11.5 Å².